The lowest BCUT2D eigenvalue weighted by Gasteiger charge is -2.21. The molecule has 1 aliphatic rings. The Kier molecular flexibility index (Phi) is 2.80. The Balaban J connectivity index is 2.30. The molecule has 0 saturated carbocycles. The Labute approximate surface area is 106 Å². The van der Waals surface area contributed by atoms with Crippen LogP contribution in [0.4, 0.5) is 5.69 Å². The van der Waals surface area contributed by atoms with Gasteiger partial charge in [-0.2, -0.15) is 0 Å². The molecule has 0 radical (unpaired) electrons. The van der Waals surface area contributed by atoms with Crippen molar-refractivity contribution in [3.05, 3.63) is 29.5 Å². The van der Waals surface area contributed by atoms with Gasteiger partial charge in [-0.15, -0.1) is 0 Å². The fourth-order valence-corrected chi connectivity index (χ4v) is 2.56. The zero-order valence-electron chi connectivity index (χ0n) is 10.7. The van der Waals surface area contributed by atoms with Crippen molar-refractivity contribution in [2.24, 2.45) is 0 Å². The van der Waals surface area contributed by atoms with Gasteiger partial charge in [-0.05, 0) is 18.2 Å². The third-order valence-electron chi connectivity index (χ3n) is 3.47. The normalized spacial score (nSPS) is 14.3. The molecule has 4 nitrogen and oxygen atoms in total. The number of anilines is 1. The number of hydrogen-bond acceptors (Lipinski definition) is 4. The minimum atomic E-state index is 0.865. The highest BCUT2D eigenvalue weighted by molar-refractivity contribution is 5.94. The SMILES string of the molecule is CNc1c2c(nc3ccc(OC)cc13)CCNC2. The average Bonchev–Trinajstić information content (AvgIpc) is 2.44. The number of rotatable bonds is 2. The van der Waals surface area contributed by atoms with Gasteiger partial charge in [0, 0.05) is 48.9 Å². The van der Waals surface area contributed by atoms with Crippen LogP contribution in [0.3, 0.4) is 0 Å². The standard InChI is InChI=1S/C14H17N3O/c1-15-14-10-7-9(18-2)3-4-12(10)17-13-5-6-16-8-11(13)14/h3-4,7,16H,5-6,8H2,1-2H3,(H,15,17). The maximum atomic E-state index is 5.29. The summed E-state index contributed by atoms with van der Waals surface area (Å²) < 4.78 is 5.29. The Morgan fingerprint density at radius 3 is 3.06 bits per heavy atom. The van der Waals surface area contributed by atoms with Crippen molar-refractivity contribution in [2.45, 2.75) is 13.0 Å². The molecule has 0 aliphatic carbocycles. The van der Waals surface area contributed by atoms with E-state index >= 15 is 0 Å². The van der Waals surface area contributed by atoms with Gasteiger partial charge in [0.2, 0.25) is 0 Å². The summed E-state index contributed by atoms with van der Waals surface area (Å²) in [5.41, 5.74) is 4.68. The Morgan fingerprint density at radius 1 is 1.39 bits per heavy atom. The van der Waals surface area contributed by atoms with Gasteiger partial charge in [-0.3, -0.25) is 4.98 Å². The molecule has 0 amide bonds. The second-order valence-corrected chi connectivity index (χ2v) is 4.47. The average molecular weight is 243 g/mol. The van der Waals surface area contributed by atoms with Crippen LogP contribution in [0.5, 0.6) is 5.75 Å². The number of pyridine rings is 1. The van der Waals surface area contributed by atoms with Crippen LogP contribution < -0.4 is 15.4 Å². The number of benzene rings is 1. The molecule has 18 heavy (non-hydrogen) atoms. The van der Waals surface area contributed by atoms with Crippen LogP contribution in [-0.2, 0) is 13.0 Å². The third-order valence-corrected chi connectivity index (χ3v) is 3.47. The highest BCUT2D eigenvalue weighted by atomic mass is 16.5. The molecule has 0 fully saturated rings. The number of nitrogens with one attached hydrogen (secondary N) is 2. The Hall–Kier alpha value is -1.81. The molecule has 2 N–H and O–H groups in total. The summed E-state index contributed by atoms with van der Waals surface area (Å²) in [5, 5.41) is 7.84. The lowest BCUT2D eigenvalue weighted by molar-refractivity contribution is 0.415. The molecule has 2 heterocycles. The number of nitrogens with zero attached hydrogens (tertiary/aromatic N) is 1. The van der Waals surface area contributed by atoms with Crippen LogP contribution in [0.2, 0.25) is 0 Å². The molecule has 2 aromatic rings. The fourth-order valence-electron chi connectivity index (χ4n) is 2.56. The van der Waals surface area contributed by atoms with Crippen LogP contribution >= 0.6 is 0 Å². The predicted octanol–water partition coefficient (Wildman–Crippen LogP) is 1.93. The van der Waals surface area contributed by atoms with Crippen LogP contribution in [-0.4, -0.2) is 25.7 Å². The number of ether oxygens (including phenoxy) is 1. The van der Waals surface area contributed by atoms with Gasteiger partial charge in [0.05, 0.1) is 12.6 Å². The van der Waals surface area contributed by atoms with E-state index in [0.717, 1.165) is 36.2 Å². The third kappa shape index (κ3) is 1.69. The molecule has 0 atom stereocenters. The van der Waals surface area contributed by atoms with Crippen LogP contribution in [0.15, 0.2) is 18.2 Å². The second-order valence-electron chi connectivity index (χ2n) is 4.47. The van der Waals surface area contributed by atoms with Crippen LogP contribution in [0.1, 0.15) is 11.3 Å². The zero-order chi connectivity index (χ0) is 12.5. The van der Waals surface area contributed by atoms with E-state index in [4.69, 9.17) is 9.72 Å². The minimum Gasteiger partial charge on any atom is -0.497 e. The van der Waals surface area contributed by atoms with E-state index in [1.807, 2.05) is 25.2 Å². The quantitative estimate of drug-likeness (QED) is 0.846. The summed E-state index contributed by atoms with van der Waals surface area (Å²) in [6.45, 7) is 1.89. The molecule has 0 bridgehead atoms. The highest BCUT2D eigenvalue weighted by Crippen LogP contribution is 2.32. The molecule has 3 rings (SSSR count). The predicted molar refractivity (Wildman–Crippen MR) is 73.3 cm³/mol. The van der Waals surface area contributed by atoms with E-state index in [1.165, 1.54) is 16.9 Å². The molecule has 0 spiro atoms. The topological polar surface area (TPSA) is 46.2 Å². The molecular formula is C14H17N3O. The largest absolute Gasteiger partial charge is 0.497 e. The van der Waals surface area contributed by atoms with E-state index in [1.54, 1.807) is 7.11 Å². The summed E-state index contributed by atoms with van der Waals surface area (Å²) >= 11 is 0. The molecule has 1 aliphatic heterocycles. The zero-order valence-corrected chi connectivity index (χ0v) is 10.7. The first kappa shape index (κ1) is 11.3. The first-order valence-electron chi connectivity index (χ1n) is 6.21. The van der Waals surface area contributed by atoms with Crippen molar-refractivity contribution >= 4 is 16.6 Å². The maximum absolute atomic E-state index is 5.29. The van der Waals surface area contributed by atoms with Crippen molar-refractivity contribution in [1.82, 2.24) is 10.3 Å². The van der Waals surface area contributed by atoms with Crippen molar-refractivity contribution < 1.29 is 4.74 Å². The van der Waals surface area contributed by atoms with E-state index in [2.05, 4.69) is 10.6 Å². The summed E-state index contributed by atoms with van der Waals surface area (Å²) in [6, 6.07) is 6.03. The summed E-state index contributed by atoms with van der Waals surface area (Å²) in [6.07, 6.45) is 0.992. The molecule has 94 valence electrons. The van der Waals surface area contributed by atoms with Gasteiger partial charge >= 0.3 is 0 Å². The van der Waals surface area contributed by atoms with Crippen molar-refractivity contribution in [3.8, 4) is 5.75 Å². The second kappa shape index (κ2) is 4.46. The summed E-state index contributed by atoms with van der Waals surface area (Å²) in [5.74, 6) is 0.865. The van der Waals surface area contributed by atoms with E-state index in [0.29, 0.717) is 0 Å². The molecular weight excluding hydrogens is 226 g/mol. The Morgan fingerprint density at radius 2 is 2.28 bits per heavy atom. The number of aromatic nitrogens is 1. The van der Waals surface area contributed by atoms with Gasteiger partial charge in [-0.1, -0.05) is 0 Å². The van der Waals surface area contributed by atoms with Crippen molar-refractivity contribution in [2.75, 3.05) is 26.0 Å². The number of fused-ring (bicyclic) bond motifs is 2. The fraction of sp³-hybridized carbons (Fsp3) is 0.357. The summed E-state index contributed by atoms with van der Waals surface area (Å²) in [4.78, 5) is 4.76. The van der Waals surface area contributed by atoms with Crippen LogP contribution in [0, 0.1) is 0 Å². The van der Waals surface area contributed by atoms with Gasteiger partial charge in [0.1, 0.15) is 5.75 Å². The highest BCUT2D eigenvalue weighted by Gasteiger charge is 2.17. The van der Waals surface area contributed by atoms with Gasteiger partial charge in [0.15, 0.2) is 0 Å². The molecule has 0 unspecified atom stereocenters. The first-order valence-corrected chi connectivity index (χ1v) is 6.21. The molecule has 4 heteroatoms. The smallest absolute Gasteiger partial charge is 0.119 e. The van der Waals surface area contributed by atoms with E-state index in [-0.39, 0.29) is 0 Å². The maximum Gasteiger partial charge on any atom is 0.119 e. The molecule has 1 aromatic heterocycles. The Bertz CT molecular complexity index is 595. The van der Waals surface area contributed by atoms with Crippen molar-refractivity contribution in [1.29, 1.82) is 0 Å². The van der Waals surface area contributed by atoms with E-state index < -0.39 is 0 Å². The lowest BCUT2D eigenvalue weighted by Crippen LogP contribution is -2.25. The van der Waals surface area contributed by atoms with Gasteiger partial charge < -0.3 is 15.4 Å². The minimum absolute atomic E-state index is 0.865. The monoisotopic (exact) mass is 243 g/mol. The first-order chi connectivity index (χ1) is 8.83. The van der Waals surface area contributed by atoms with Gasteiger partial charge in [-0.25, -0.2) is 0 Å². The molecule has 1 aromatic carbocycles. The van der Waals surface area contributed by atoms with E-state index in [9.17, 15) is 0 Å². The van der Waals surface area contributed by atoms with Crippen molar-refractivity contribution in [3.63, 3.8) is 0 Å². The van der Waals surface area contributed by atoms with Gasteiger partial charge in [0.25, 0.3) is 0 Å². The molecule has 0 saturated heterocycles. The lowest BCUT2D eigenvalue weighted by atomic mass is 10.0. The number of methoxy groups -OCH3 is 1. The van der Waals surface area contributed by atoms with Crippen LogP contribution in [0.25, 0.3) is 10.9 Å². The summed E-state index contributed by atoms with van der Waals surface area (Å²) in [7, 11) is 3.65. The number of hydrogen-bond donors (Lipinski definition) is 2.